The van der Waals surface area contributed by atoms with E-state index in [0.717, 1.165) is 135 Å². The van der Waals surface area contributed by atoms with Crippen LogP contribution in [0.3, 0.4) is 0 Å². The summed E-state index contributed by atoms with van der Waals surface area (Å²) in [5, 5.41) is 45.9. The van der Waals surface area contributed by atoms with Crippen LogP contribution in [-0.2, 0) is 43.4 Å². The number of carbonyl (C=O) groups is 2. The molecule has 12 saturated carbocycles. The number of allylic oxidation sites excluding steroid dienone is 1. The smallest absolute Gasteiger partial charge is 0.157 e. The summed E-state index contributed by atoms with van der Waals surface area (Å²) >= 11 is 0. The predicted octanol–water partition coefficient (Wildman–Crippen LogP) is 13.6. The highest BCUT2D eigenvalue weighted by molar-refractivity contribution is 5.82. The van der Waals surface area contributed by atoms with Gasteiger partial charge in [-0.25, -0.2) is 0 Å². The van der Waals surface area contributed by atoms with E-state index in [-0.39, 0.29) is 22.7 Å². The molecular formula is C77H118N6O8. The molecule has 0 unspecified atom stereocenters. The molecule has 14 nitrogen and oxygen atoms in total. The van der Waals surface area contributed by atoms with Crippen molar-refractivity contribution < 1.29 is 39.1 Å². The second kappa shape index (κ2) is 26.5. The lowest BCUT2D eigenvalue weighted by atomic mass is 9.48. The SMILES string of the molecule is C=C(Cn1cccn1)[C@H]1CC[C@H]2[C@@H]3CC[C@H]4C[C@@](O)(COC)CC[C@@H]4[C@H]3CC[C@]12C.COC[C@@]1(O)CC[C@H]2[C@H](CC[C@@H]3[C@@H]2CC[C@]2(C)[C@@H](C(=O)Cn4cc(C)cn4)CC[C@@H]32)C1.COC[C@@]1(O)CC[C@H]2[C@H](CC[C@@H]3[C@@H]2CC[C@]2(C)[C@@H](C(=O)Cn4cccn4)CC[C@@H]32)C1. The van der Waals surface area contributed by atoms with E-state index in [1.807, 2.05) is 53.2 Å². The summed E-state index contributed by atoms with van der Waals surface area (Å²) in [5.74, 6) is 13.4. The maximum atomic E-state index is 13.3. The Kier molecular flexibility index (Phi) is 19.2. The quantitative estimate of drug-likeness (QED) is 0.123. The number of aliphatic hydroxyl groups is 3. The Hall–Kier alpha value is -3.53. The van der Waals surface area contributed by atoms with Crippen molar-refractivity contribution in [3.63, 3.8) is 0 Å². The van der Waals surface area contributed by atoms with Gasteiger partial charge in [-0.2, -0.15) is 15.3 Å². The summed E-state index contributed by atoms with van der Waals surface area (Å²) in [6.07, 6.45) is 43.1. The lowest BCUT2D eigenvalue weighted by Gasteiger charge is -2.57. The highest BCUT2D eigenvalue weighted by atomic mass is 16.5. The fraction of sp³-hybridized carbons (Fsp3) is 0.831. The fourth-order valence-corrected chi connectivity index (χ4v) is 26.0. The van der Waals surface area contributed by atoms with Crippen molar-refractivity contribution in [2.24, 2.45) is 123 Å². The number of ether oxygens (including phenoxy) is 3. The molecule has 504 valence electrons. The minimum atomic E-state index is -0.609. The second-order valence-corrected chi connectivity index (χ2v) is 34.2. The van der Waals surface area contributed by atoms with Crippen molar-refractivity contribution in [1.29, 1.82) is 0 Å². The van der Waals surface area contributed by atoms with Gasteiger partial charge in [-0.3, -0.25) is 23.6 Å². The molecule has 0 bridgehead atoms. The van der Waals surface area contributed by atoms with Crippen LogP contribution in [0, 0.1) is 130 Å². The number of carbonyl (C=O) groups excluding carboxylic acids is 2. The molecule has 12 aliphatic carbocycles. The molecule has 91 heavy (non-hydrogen) atoms. The van der Waals surface area contributed by atoms with E-state index in [9.17, 15) is 24.9 Å². The summed E-state index contributed by atoms with van der Waals surface area (Å²) in [6, 6.07) is 3.90. The number of nitrogens with zero attached hydrogens (tertiary/aromatic N) is 6. The Morgan fingerprint density at radius 1 is 0.462 bits per heavy atom. The van der Waals surface area contributed by atoms with Crippen molar-refractivity contribution in [3.05, 3.63) is 67.0 Å². The van der Waals surface area contributed by atoms with Crippen LogP contribution in [0.15, 0.2) is 61.5 Å². The average molecular weight is 1260 g/mol. The molecule has 3 heterocycles. The highest BCUT2D eigenvalue weighted by Crippen LogP contribution is 2.69. The van der Waals surface area contributed by atoms with E-state index in [1.54, 1.807) is 32.2 Å². The van der Waals surface area contributed by atoms with Crippen LogP contribution in [0.25, 0.3) is 0 Å². The summed E-state index contributed by atoms with van der Waals surface area (Å²) in [4.78, 5) is 26.5. The van der Waals surface area contributed by atoms with Gasteiger partial charge in [0.2, 0.25) is 0 Å². The van der Waals surface area contributed by atoms with Gasteiger partial charge in [-0.1, -0.05) is 32.9 Å². The molecule has 0 amide bonds. The van der Waals surface area contributed by atoms with E-state index >= 15 is 0 Å². The maximum Gasteiger partial charge on any atom is 0.157 e. The van der Waals surface area contributed by atoms with Crippen LogP contribution in [0.1, 0.15) is 200 Å². The Morgan fingerprint density at radius 3 is 1.19 bits per heavy atom. The summed E-state index contributed by atoms with van der Waals surface area (Å²) in [6.45, 7) is 17.2. The first kappa shape index (κ1) is 66.1. The fourth-order valence-electron chi connectivity index (χ4n) is 26.0. The first-order valence-electron chi connectivity index (χ1n) is 37.0. The molecule has 0 aliphatic heterocycles. The molecule has 12 aliphatic rings. The zero-order valence-corrected chi connectivity index (χ0v) is 57.1. The number of aromatic nitrogens is 6. The maximum absolute atomic E-state index is 13.3. The monoisotopic (exact) mass is 1250 g/mol. The van der Waals surface area contributed by atoms with Gasteiger partial charge in [0, 0.05) is 64.1 Å². The summed E-state index contributed by atoms with van der Waals surface area (Å²) < 4.78 is 21.7. The third-order valence-corrected chi connectivity index (χ3v) is 29.7. The predicted molar refractivity (Wildman–Crippen MR) is 353 cm³/mol. The molecule has 15 rings (SSSR count). The van der Waals surface area contributed by atoms with E-state index in [1.165, 1.54) is 115 Å². The van der Waals surface area contributed by atoms with Crippen LogP contribution in [-0.4, -0.2) is 114 Å². The second-order valence-electron chi connectivity index (χ2n) is 34.2. The van der Waals surface area contributed by atoms with Crippen LogP contribution >= 0.6 is 0 Å². The number of fused-ring (bicyclic) bond motifs is 15. The van der Waals surface area contributed by atoms with Crippen molar-refractivity contribution >= 4 is 11.6 Å². The number of rotatable bonds is 15. The Morgan fingerprint density at radius 2 is 0.824 bits per heavy atom. The molecule has 3 N–H and O–H groups in total. The third kappa shape index (κ3) is 12.7. The number of ketones is 2. The van der Waals surface area contributed by atoms with Crippen LogP contribution in [0.5, 0.6) is 0 Å². The molecule has 14 heteroatoms. The first-order chi connectivity index (χ1) is 43.7. The minimum Gasteiger partial charge on any atom is -0.387 e. The van der Waals surface area contributed by atoms with E-state index in [2.05, 4.69) is 48.8 Å². The molecule has 0 aromatic carbocycles. The van der Waals surface area contributed by atoms with Crippen LogP contribution in [0.4, 0.5) is 0 Å². The lowest BCUT2D eigenvalue weighted by molar-refractivity contribution is -0.137. The van der Waals surface area contributed by atoms with Crippen molar-refractivity contribution in [1.82, 2.24) is 29.3 Å². The summed E-state index contributed by atoms with van der Waals surface area (Å²) in [5.41, 5.74) is 1.47. The van der Waals surface area contributed by atoms with Gasteiger partial charge in [0.1, 0.15) is 0 Å². The standard InChI is InChI=1S/C26H40N2O3.C26H40N2O2.C25H38N2O3/c1-17-13-27-28(14-17)15-24(29)23-7-6-22-21-5-4-18-12-26(30,16-31-3)11-9-19(18)20(21)8-10-25(22,23)2;1-18(16-28-14-4-13-27-28)23-7-8-24-22-6-5-19-15-26(29,17-30-3)12-10-20(19)21(22)9-11-25(23,24)2;1-24-10-8-19-18-9-11-25(29,16-30-2)14-17(18)4-5-20(19)21(24)6-7-22(24)23(28)15-27-13-3-12-26-27/h13-14,18-23,30H,4-12,15-16H2,1-3H3;4,13-14,19-24,29H,1,5-12,15-17H2,2-3H3;3,12-13,17-22,29H,4-11,14-16H2,1-2H3/t18-,19+,20-,21-,22+,23-,25+,26-;19-,20-,21+,22+,23+,24-,25+,26+;17-,18+,19-,20-,21+,22-,24+,25-/m101/s1. The van der Waals surface area contributed by atoms with Gasteiger partial charge in [0.05, 0.1) is 62.5 Å². The van der Waals surface area contributed by atoms with Crippen LogP contribution in [0.2, 0.25) is 0 Å². The zero-order chi connectivity index (χ0) is 63.7. The number of hydrogen-bond donors (Lipinski definition) is 3. The summed E-state index contributed by atoms with van der Waals surface area (Å²) in [7, 11) is 5.13. The Labute approximate surface area is 545 Å². The minimum absolute atomic E-state index is 0.165. The Bertz CT molecular complexity index is 2840. The molecule has 0 spiro atoms. The van der Waals surface area contributed by atoms with Gasteiger partial charge in [-0.15, -0.1) is 0 Å². The van der Waals surface area contributed by atoms with Gasteiger partial charge >= 0.3 is 0 Å². The number of Topliss-reactive ketones (excluding diaryl/α,β-unsaturated/α-hetero) is 2. The van der Waals surface area contributed by atoms with Gasteiger partial charge in [0.15, 0.2) is 11.6 Å². The third-order valence-electron chi connectivity index (χ3n) is 29.7. The molecule has 0 saturated heterocycles. The molecule has 12 fully saturated rings. The molecule has 3 aromatic heterocycles. The van der Waals surface area contributed by atoms with Crippen LogP contribution < -0.4 is 0 Å². The number of methoxy groups -OCH3 is 3. The van der Waals surface area contributed by atoms with Crippen molar-refractivity contribution in [2.45, 2.75) is 237 Å². The molecule has 0 radical (unpaired) electrons. The topological polar surface area (TPSA) is 176 Å². The normalized spacial score (nSPS) is 45.1. The zero-order valence-electron chi connectivity index (χ0n) is 57.1. The van der Waals surface area contributed by atoms with Gasteiger partial charge < -0.3 is 29.5 Å². The van der Waals surface area contributed by atoms with E-state index in [4.69, 9.17) is 14.2 Å². The first-order valence-corrected chi connectivity index (χ1v) is 37.0. The molecule has 3 aromatic rings. The van der Waals surface area contributed by atoms with Crippen molar-refractivity contribution in [3.8, 4) is 0 Å². The van der Waals surface area contributed by atoms with Gasteiger partial charge in [0.25, 0.3) is 0 Å². The average Bonchev–Trinajstić information content (AvgIpc) is 1.70. The van der Waals surface area contributed by atoms with E-state index in [0.29, 0.717) is 85.4 Å². The van der Waals surface area contributed by atoms with E-state index < -0.39 is 16.8 Å². The number of aryl methyl sites for hydroxylation is 1. The largest absolute Gasteiger partial charge is 0.387 e. The lowest BCUT2D eigenvalue weighted by Crippen LogP contribution is -2.52. The molecule has 24 atom stereocenters. The molecular weight excluding hydrogens is 1140 g/mol. The highest BCUT2D eigenvalue weighted by Gasteiger charge is 2.62. The van der Waals surface area contributed by atoms with Gasteiger partial charge in [-0.05, 0) is 309 Å². The number of hydrogen-bond acceptors (Lipinski definition) is 11. The Balaban J connectivity index is 0.000000125. The van der Waals surface area contributed by atoms with Crippen molar-refractivity contribution in [2.75, 3.05) is 41.2 Å².